The van der Waals surface area contributed by atoms with Gasteiger partial charge in [0.15, 0.2) is 0 Å². The highest BCUT2D eigenvalue weighted by atomic mass is 15.5. The molecule has 0 saturated heterocycles. The summed E-state index contributed by atoms with van der Waals surface area (Å²) in [6.07, 6.45) is 0. The maximum Gasteiger partial charge on any atom is 0.265 e. The van der Waals surface area contributed by atoms with Crippen LogP contribution in [0, 0.1) is 16.3 Å². The van der Waals surface area contributed by atoms with Crippen LogP contribution in [-0.2, 0) is 0 Å². The largest absolute Gasteiger partial charge is 0.384 e. The molecule has 0 amide bonds. The van der Waals surface area contributed by atoms with E-state index in [1.165, 1.54) is 0 Å². The summed E-state index contributed by atoms with van der Waals surface area (Å²) in [6, 6.07) is 13.6. The number of hydrazine groups is 1. The third-order valence-corrected chi connectivity index (χ3v) is 2.87. The molecule has 0 fully saturated rings. The van der Waals surface area contributed by atoms with Gasteiger partial charge in [-0.05, 0) is 41.9 Å². The van der Waals surface area contributed by atoms with Gasteiger partial charge in [0, 0.05) is 28.1 Å². The van der Waals surface area contributed by atoms with E-state index < -0.39 is 0 Å². The Bertz CT molecular complexity index is 686. The van der Waals surface area contributed by atoms with Gasteiger partial charge in [0.1, 0.15) is 11.7 Å². The first-order chi connectivity index (χ1) is 9.97. The number of anilines is 1. The standard InChI is InChI=1S/C14H16N7/c15-13(16)9-1-5-11(6-2-9)20-21(19)12-7-3-10(4-8-12)14(17)18/h1-8H,(H3,15,16)(H3,17,18)(H2,19,20)/q+1. The van der Waals surface area contributed by atoms with Crippen molar-refractivity contribution in [3.8, 4) is 0 Å². The molecule has 0 heterocycles. The summed E-state index contributed by atoms with van der Waals surface area (Å²) >= 11 is 0. The number of nitrogens with one attached hydrogen (secondary N) is 4. The Morgan fingerprint density at radius 3 is 1.67 bits per heavy atom. The maximum atomic E-state index is 7.94. The molecule has 2 aromatic carbocycles. The van der Waals surface area contributed by atoms with Crippen molar-refractivity contribution in [2.45, 2.75) is 0 Å². The highest BCUT2D eigenvalue weighted by Gasteiger charge is 2.10. The molecule has 0 atom stereocenters. The summed E-state index contributed by atoms with van der Waals surface area (Å²) in [6.45, 7) is 0. The number of amidine groups is 2. The Morgan fingerprint density at radius 1 is 0.810 bits per heavy atom. The van der Waals surface area contributed by atoms with Crippen LogP contribution in [0.15, 0.2) is 48.5 Å². The van der Waals surface area contributed by atoms with Gasteiger partial charge in [-0.3, -0.25) is 10.8 Å². The number of nitrogen functional groups attached to an aromatic ring is 2. The maximum absolute atomic E-state index is 7.94. The van der Waals surface area contributed by atoms with Crippen molar-refractivity contribution in [1.82, 2.24) is 0 Å². The summed E-state index contributed by atoms with van der Waals surface area (Å²) in [7, 11) is 0. The number of rotatable bonds is 5. The van der Waals surface area contributed by atoms with Gasteiger partial charge in [-0.1, -0.05) is 0 Å². The van der Waals surface area contributed by atoms with Crippen molar-refractivity contribution >= 4 is 23.0 Å². The fourth-order valence-corrected chi connectivity index (χ4v) is 1.71. The summed E-state index contributed by atoms with van der Waals surface area (Å²) in [5.74, 6) is -0.00466. The van der Waals surface area contributed by atoms with E-state index in [-0.39, 0.29) is 11.7 Å². The van der Waals surface area contributed by atoms with Crippen molar-refractivity contribution in [2.75, 3.05) is 5.43 Å². The second-order valence-corrected chi connectivity index (χ2v) is 4.40. The molecule has 7 nitrogen and oxygen atoms in total. The van der Waals surface area contributed by atoms with Gasteiger partial charge >= 0.3 is 0 Å². The summed E-state index contributed by atoms with van der Waals surface area (Å²) in [5, 5.41) is 14.6. The molecule has 0 spiro atoms. The van der Waals surface area contributed by atoms with Gasteiger partial charge in [-0.2, -0.15) is 0 Å². The van der Waals surface area contributed by atoms with Crippen LogP contribution in [-0.4, -0.2) is 16.5 Å². The lowest BCUT2D eigenvalue weighted by molar-refractivity contribution is -0.504. The quantitative estimate of drug-likeness (QED) is 0.164. The van der Waals surface area contributed by atoms with Crippen LogP contribution >= 0.6 is 0 Å². The molecular formula is C14H16N7+. The van der Waals surface area contributed by atoms with Crippen molar-refractivity contribution in [1.29, 1.82) is 16.3 Å². The lowest BCUT2D eigenvalue weighted by atomic mass is 10.2. The van der Waals surface area contributed by atoms with Crippen LogP contribution in [0.5, 0.6) is 0 Å². The Balaban J connectivity index is 2.10. The highest BCUT2D eigenvalue weighted by molar-refractivity contribution is 5.95. The molecule has 2 rings (SSSR count). The topological polar surface area (TPSA) is 139 Å². The smallest absolute Gasteiger partial charge is 0.265 e. The normalized spacial score (nSPS) is 9.90. The van der Waals surface area contributed by atoms with E-state index in [1.54, 1.807) is 48.5 Å². The van der Waals surface area contributed by atoms with Crippen LogP contribution in [0.25, 0.3) is 0 Å². The van der Waals surface area contributed by atoms with E-state index >= 15 is 0 Å². The summed E-state index contributed by atoms with van der Waals surface area (Å²) in [4.78, 5) is 1.10. The van der Waals surface area contributed by atoms with Crippen LogP contribution in [0.1, 0.15) is 11.1 Å². The number of hydrogen-bond acceptors (Lipinski definition) is 3. The summed E-state index contributed by atoms with van der Waals surface area (Å²) in [5.41, 5.74) is 24.1. The molecule has 7 heteroatoms. The Morgan fingerprint density at radius 2 is 1.24 bits per heavy atom. The molecule has 0 aromatic heterocycles. The third kappa shape index (κ3) is 3.41. The third-order valence-electron chi connectivity index (χ3n) is 2.87. The predicted octanol–water partition coefficient (Wildman–Crippen LogP) is 1.96. The van der Waals surface area contributed by atoms with E-state index in [0.717, 1.165) is 4.81 Å². The molecule has 0 saturated carbocycles. The minimum Gasteiger partial charge on any atom is -0.384 e. The molecule has 0 aliphatic heterocycles. The second-order valence-electron chi connectivity index (χ2n) is 4.40. The van der Waals surface area contributed by atoms with Crippen molar-refractivity contribution in [3.63, 3.8) is 0 Å². The highest BCUT2D eigenvalue weighted by Crippen LogP contribution is 2.15. The average molecular weight is 282 g/mol. The van der Waals surface area contributed by atoms with Gasteiger partial charge < -0.3 is 11.5 Å². The number of hydrogen-bond donors (Lipinski definition) is 6. The van der Waals surface area contributed by atoms with Gasteiger partial charge in [-0.25, -0.2) is 0 Å². The van der Waals surface area contributed by atoms with Gasteiger partial charge in [0.05, 0.1) is 5.69 Å². The molecule has 0 aliphatic rings. The Labute approximate surface area is 121 Å². The zero-order valence-corrected chi connectivity index (χ0v) is 11.2. The van der Waals surface area contributed by atoms with Gasteiger partial charge in [0.25, 0.3) is 5.69 Å². The molecule has 0 unspecified atom stereocenters. The van der Waals surface area contributed by atoms with Gasteiger partial charge in [-0.15, -0.1) is 5.43 Å². The SMILES string of the molecule is N=C(N)c1ccc(N[N+](=N)c2ccc(C(=N)N)cc2)cc1. The van der Waals surface area contributed by atoms with Crippen LogP contribution in [0.4, 0.5) is 11.4 Å². The fourth-order valence-electron chi connectivity index (χ4n) is 1.71. The molecular weight excluding hydrogens is 266 g/mol. The molecule has 106 valence electrons. The average Bonchev–Trinajstić information content (AvgIpc) is 2.47. The Kier molecular flexibility index (Phi) is 3.94. The molecule has 21 heavy (non-hydrogen) atoms. The first kappa shape index (κ1) is 14.2. The minimum absolute atomic E-state index is 0.00380. The molecule has 8 N–H and O–H groups in total. The van der Waals surface area contributed by atoms with Gasteiger partial charge in [0.2, 0.25) is 0 Å². The van der Waals surface area contributed by atoms with Crippen molar-refractivity contribution in [2.24, 2.45) is 11.5 Å². The Hall–Kier alpha value is -3.22. The zero-order valence-electron chi connectivity index (χ0n) is 11.2. The van der Waals surface area contributed by atoms with E-state index in [4.69, 9.17) is 27.8 Å². The number of benzene rings is 2. The van der Waals surface area contributed by atoms with E-state index in [2.05, 4.69) is 5.43 Å². The lowest BCUT2D eigenvalue weighted by Gasteiger charge is -2.03. The summed E-state index contributed by atoms with van der Waals surface area (Å²) < 4.78 is 0. The zero-order chi connectivity index (χ0) is 15.4. The monoisotopic (exact) mass is 282 g/mol. The van der Waals surface area contributed by atoms with Crippen molar-refractivity contribution in [3.05, 3.63) is 59.7 Å². The second kappa shape index (κ2) is 5.83. The molecule has 0 bridgehead atoms. The first-order valence-corrected chi connectivity index (χ1v) is 6.14. The fraction of sp³-hybridized carbons (Fsp3) is 0. The van der Waals surface area contributed by atoms with Crippen molar-refractivity contribution < 1.29 is 4.81 Å². The van der Waals surface area contributed by atoms with Crippen LogP contribution < -0.4 is 16.9 Å². The molecule has 2 aromatic rings. The number of nitrogens with two attached hydrogens (primary N) is 2. The minimum atomic E-state index is -0.00846. The van der Waals surface area contributed by atoms with E-state index in [9.17, 15) is 0 Å². The van der Waals surface area contributed by atoms with Crippen LogP contribution in [0.3, 0.4) is 0 Å². The lowest BCUT2D eigenvalue weighted by Crippen LogP contribution is -2.13. The van der Waals surface area contributed by atoms with E-state index in [1.807, 2.05) is 0 Å². The molecule has 0 aliphatic carbocycles. The number of nitrogens with zero attached hydrogens (tertiary/aromatic N) is 1. The van der Waals surface area contributed by atoms with Crippen LogP contribution in [0.2, 0.25) is 0 Å². The predicted molar refractivity (Wildman–Crippen MR) is 81.2 cm³/mol. The first-order valence-electron chi connectivity index (χ1n) is 6.14. The molecule has 0 radical (unpaired) electrons. The van der Waals surface area contributed by atoms with E-state index in [0.29, 0.717) is 22.5 Å².